The maximum atomic E-state index is 6.14. The zero-order valence-electron chi connectivity index (χ0n) is 9.87. The highest BCUT2D eigenvalue weighted by Gasteiger charge is 2.31. The van der Waals surface area contributed by atoms with E-state index in [0.29, 0.717) is 5.02 Å². The minimum Gasteiger partial charge on any atom is -0.326 e. The van der Waals surface area contributed by atoms with Gasteiger partial charge < -0.3 is 5.73 Å². The van der Waals surface area contributed by atoms with Crippen molar-refractivity contribution in [3.63, 3.8) is 0 Å². The highest BCUT2D eigenvalue weighted by molar-refractivity contribution is 6.30. The van der Waals surface area contributed by atoms with E-state index in [9.17, 15) is 0 Å². The van der Waals surface area contributed by atoms with Crippen LogP contribution in [-0.2, 0) is 0 Å². The van der Waals surface area contributed by atoms with Crippen LogP contribution in [0.1, 0.15) is 40.2 Å². The summed E-state index contributed by atoms with van der Waals surface area (Å²) < 4.78 is 1.89. The molecular formula is C11H20ClN3. The molecule has 0 aliphatic carbocycles. The monoisotopic (exact) mass is 229 g/mol. The lowest BCUT2D eigenvalue weighted by Crippen LogP contribution is -2.40. The van der Waals surface area contributed by atoms with Gasteiger partial charge in [0.25, 0.3) is 0 Å². The zero-order chi connectivity index (χ0) is 11.6. The maximum Gasteiger partial charge on any atom is 0.0785 e. The van der Waals surface area contributed by atoms with Gasteiger partial charge in [-0.2, -0.15) is 5.10 Å². The Hall–Kier alpha value is -0.540. The summed E-state index contributed by atoms with van der Waals surface area (Å²) in [6, 6.07) is 0.274. The molecule has 0 aromatic carbocycles. The van der Waals surface area contributed by atoms with E-state index in [4.69, 9.17) is 17.3 Å². The van der Waals surface area contributed by atoms with Crippen LogP contribution in [0.4, 0.5) is 0 Å². The molecule has 4 heteroatoms. The second kappa shape index (κ2) is 4.54. The SMILES string of the molecule is CCC(N)C(n1cc(Cl)cn1)C(C)(C)C. The van der Waals surface area contributed by atoms with Gasteiger partial charge in [-0.3, -0.25) is 4.68 Å². The van der Waals surface area contributed by atoms with Gasteiger partial charge in [-0.05, 0) is 11.8 Å². The molecule has 1 aromatic heterocycles. The van der Waals surface area contributed by atoms with Crippen molar-refractivity contribution in [3.05, 3.63) is 17.4 Å². The van der Waals surface area contributed by atoms with Crippen LogP contribution in [0, 0.1) is 5.41 Å². The normalized spacial score (nSPS) is 16.4. The van der Waals surface area contributed by atoms with Gasteiger partial charge in [-0.1, -0.05) is 39.3 Å². The predicted octanol–water partition coefficient (Wildman–Crippen LogP) is 2.86. The Morgan fingerprint density at radius 2 is 2.13 bits per heavy atom. The summed E-state index contributed by atoms with van der Waals surface area (Å²) in [6.45, 7) is 8.60. The van der Waals surface area contributed by atoms with Crippen LogP contribution in [0.3, 0.4) is 0 Å². The lowest BCUT2D eigenvalue weighted by atomic mass is 9.82. The fourth-order valence-electron chi connectivity index (χ4n) is 1.93. The van der Waals surface area contributed by atoms with Crippen LogP contribution in [0.15, 0.2) is 12.4 Å². The molecule has 2 unspecified atom stereocenters. The quantitative estimate of drug-likeness (QED) is 0.866. The third kappa shape index (κ3) is 2.95. The molecule has 0 bridgehead atoms. The number of hydrogen-bond donors (Lipinski definition) is 1. The first-order valence-corrected chi connectivity index (χ1v) is 5.69. The van der Waals surface area contributed by atoms with Crippen molar-refractivity contribution >= 4 is 11.6 Å². The van der Waals surface area contributed by atoms with Crippen LogP contribution in [0.25, 0.3) is 0 Å². The van der Waals surface area contributed by atoms with Gasteiger partial charge in [0, 0.05) is 12.2 Å². The third-order valence-corrected chi connectivity index (χ3v) is 2.81. The van der Waals surface area contributed by atoms with Crippen molar-refractivity contribution in [2.45, 2.75) is 46.2 Å². The second-order valence-corrected chi connectivity index (χ2v) is 5.46. The Balaban J connectivity index is 3.01. The molecule has 2 N–H and O–H groups in total. The average Bonchev–Trinajstić information content (AvgIpc) is 2.49. The highest BCUT2D eigenvalue weighted by atomic mass is 35.5. The van der Waals surface area contributed by atoms with E-state index in [1.165, 1.54) is 0 Å². The number of nitrogens with zero attached hydrogens (tertiary/aromatic N) is 2. The van der Waals surface area contributed by atoms with Crippen LogP contribution >= 0.6 is 11.6 Å². The lowest BCUT2D eigenvalue weighted by Gasteiger charge is -2.35. The summed E-state index contributed by atoms with van der Waals surface area (Å²) >= 11 is 5.88. The minimum absolute atomic E-state index is 0.0742. The molecule has 1 heterocycles. The molecule has 0 fully saturated rings. The molecule has 15 heavy (non-hydrogen) atoms. The molecule has 0 aliphatic rings. The summed E-state index contributed by atoms with van der Waals surface area (Å²) in [5.74, 6) is 0. The predicted molar refractivity (Wildman–Crippen MR) is 64.0 cm³/mol. The van der Waals surface area contributed by atoms with Crippen LogP contribution in [-0.4, -0.2) is 15.8 Å². The van der Waals surface area contributed by atoms with Crippen molar-refractivity contribution in [2.24, 2.45) is 11.1 Å². The number of aromatic nitrogens is 2. The van der Waals surface area contributed by atoms with Gasteiger partial charge in [0.2, 0.25) is 0 Å². The zero-order valence-corrected chi connectivity index (χ0v) is 10.6. The van der Waals surface area contributed by atoms with Crippen LogP contribution < -0.4 is 5.73 Å². The highest BCUT2D eigenvalue weighted by Crippen LogP contribution is 2.33. The second-order valence-electron chi connectivity index (χ2n) is 5.02. The van der Waals surface area contributed by atoms with Gasteiger partial charge in [0.1, 0.15) is 0 Å². The summed E-state index contributed by atoms with van der Waals surface area (Å²) in [4.78, 5) is 0. The average molecular weight is 230 g/mol. The number of nitrogens with two attached hydrogens (primary N) is 1. The molecule has 0 saturated carbocycles. The molecule has 1 rings (SSSR count). The molecule has 0 radical (unpaired) electrons. The summed E-state index contributed by atoms with van der Waals surface area (Å²) in [5.41, 5.74) is 6.21. The minimum atomic E-state index is 0.0742. The molecule has 0 saturated heterocycles. The smallest absolute Gasteiger partial charge is 0.0785 e. The number of hydrogen-bond acceptors (Lipinski definition) is 2. The molecule has 0 amide bonds. The molecule has 0 aliphatic heterocycles. The van der Waals surface area contributed by atoms with Gasteiger partial charge >= 0.3 is 0 Å². The molecule has 0 spiro atoms. The van der Waals surface area contributed by atoms with Crippen molar-refractivity contribution < 1.29 is 0 Å². The molecular weight excluding hydrogens is 210 g/mol. The van der Waals surface area contributed by atoms with Crippen molar-refractivity contribution in [3.8, 4) is 0 Å². The summed E-state index contributed by atoms with van der Waals surface area (Å²) in [7, 11) is 0. The summed E-state index contributed by atoms with van der Waals surface area (Å²) in [6.07, 6.45) is 4.43. The van der Waals surface area contributed by atoms with Gasteiger partial charge in [-0.15, -0.1) is 0 Å². The lowest BCUT2D eigenvalue weighted by molar-refractivity contribution is 0.186. The number of rotatable bonds is 3. The van der Waals surface area contributed by atoms with Crippen molar-refractivity contribution in [1.29, 1.82) is 0 Å². The Kier molecular flexibility index (Phi) is 3.79. The van der Waals surface area contributed by atoms with E-state index in [1.54, 1.807) is 6.20 Å². The van der Waals surface area contributed by atoms with Crippen LogP contribution in [0.2, 0.25) is 5.02 Å². The van der Waals surface area contributed by atoms with E-state index in [2.05, 4.69) is 32.8 Å². The fraction of sp³-hybridized carbons (Fsp3) is 0.727. The first-order valence-electron chi connectivity index (χ1n) is 5.31. The van der Waals surface area contributed by atoms with Crippen molar-refractivity contribution in [2.75, 3.05) is 0 Å². The van der Waals surface area contributed by atoms with Crippen LogP contribution in [0.5, 0.6) is 0 Å². The largest absolute Gasteiger partial charge is 0.326 e. The van der Waals surface area contributed by atoms with Gasteiger partial charge in [-0.25, -0.2) is 0 Å². The Labute approximate surface area is 96.6 Å². The van der Waals surface area contributed by atoms with E-state index in [1.807, 2.05) is 10.9 Å². The Morgan fingerprint density at radius 3 is 2.47 bits per heavy atom. The topological polar surface area (TPSA) is 43.8 Å². The Morgan fingerprint density at radius 1 is 1.53 bits per heavy atom. The van der Waals surface area contributed by atoms with Gasteiger partial charge in [0.05, 0.1) is 17.3 Å². The molecule has 86 valence electrons. The van der Waals surface area contributed by atoms with E-state index in [-0.39, 0.29) is 17.5 Å². The van der Waals surface area contributed by atoms with Crippen molar-refractivity contribution in [1.82, 2.24) is 9.78 Å². The maximum absolute atomic E-state index is 6.14. The Bertz CT molecular complexity index is 314. The van der Waals surface area contributed by atoms with E-state index < -0.39 is 0 Å². The number of halogens is 1. The van der Waals surface area contributed by atoms with Gasteiger partial charge in [0.15, 0.2) is 0 Å². The molecule has 3 nitrogen and oxygen atoms in total. The van der Waals surface area contributed by atoms with E-state index in [0.717, 1.165) is 6.42 Å². The standard InChI is InChI=1S/C11H20ClN3/c1-5-9(13)10(11(2,3)4)15-7-8(12)6-14-15/h6-7,9-10H,5,13H2,1-4H3. The fourth-order valence-corrected chi connectivity index (χ4v) is 2.07. The first-order chi connectivity index (χ1) is 6.86. The third-order valence-electron chi connectivity index (χ3n) is 2.62. The molecule has 2 atom stereocenters. The van der Waals surface area contributed by atoms with E-state index >= 15 is 0 Å². The molecule has 1 aromatic rings. The first kappa shape index (κ1) is 12.5. The summed E-state index contributed by atoms with van der Waals surface area (Å²) in [5, 5.41) is 4.92.